The summed E-state index contributed by atoms with van der Waals surface area (Å²) in [5, 5.41) is 34.7. The predicted molar refractivity (Wildman–Crippen MR) is 192 cm³/mol. The van der Waals surface area contributed by atoms with Gasteiger partial charge in [0.05, 0.1) is 34.2 Å². The lowest BCUT2D eigenvalue weighted by molar-refractivity contribution is -0.0818. The molecule has 0 fully saturated rings. The van der Waals surface area contributed by atoms with Crippen molar-refractivity contribution in [2.24, 2.45) is 21.1 Å². The molecule has 1 atom stereocenters. The van der Waals surface area contributed by atoms with E-state index < -0.39 is 6.29 Å². The third kappa shape index (κ3) is 5.86. The number of hydrogen-bond acceptors (Lipinski definition) is 8. The number of methoxy groups -OCH3 is 1. The van der Waals surface area contributed by atoms with Crippen LogP contribution >= 0.6 is 35.1 Å². The summed E-state index contributed by atoms with van der Waals surface area (Å²) in [5.41, 5.74) is 7.14. The summed E-state index contributed by atoms with van der Waals surface area (Å²) in [4.78, 5) is 1.13. The molecule has 0 amide bonds. The van der Waals surface area contributed by atoms with E-state index in [0.717, 1.165) is 66.3 Å². The van der Waals surface area contributed by atoms with Gasteiger partial charge >= 0.3 is 0 Å². The summed E-state index contributed by atoms with van der Waals surface area (Å²) in [6.07, 6.45) is 0.169. The van der Waals surface area contributed by atoms with Gasteiger partial charge in [-0.1, -0.05) is 41.9 Å². The molecule has 9 nitrogen and oxygen atoms in total. The van der Waals surface area contributed by atoms with Gasteiger partial charge in [-0.15, -0.1) is 23.5 Å². The van der Waals surface area contributed by atoms with Gasteiger partial charge in [0, 0.05) is 78.0 Å². The minimum atomic E-state index is -1.16. The smallest absolute Gasteiger partial charge is 0.196 e. The van der Waals surface area contributed by atoms with Crippen LogP contribution in [0.1, 0.15) is 46.7 Å². The number of nitrogens with zero attached hydrogens (tertiary/aromatic N) is 6. The lowest BCUT2D eigenvalue weighted by atomic mass is 9.98. The molecular weight excluding hydrogens is 664 g/mol. The molecule has 0 saturated carbocycles. The zero-order valence-electron chi connectivity index (χ0n) is 27.2. The second-order valence-electron chi connectivity index (χ2n) is 11.9. The number of halogens is 1. The number of aliphatic hydroxyl groups is 1. The first kappa shape index (κ1) is 32.6. The van der Waals surface area contributed by atoms with E-state index in [-0.39, 0.29) is 0 Å². The van der Waals surface area contributed by atoms with Crippen molar-refractivity contribution in [2.45, 2.75) is 41.3 Å². The van der Waals surface area contributed by atoms with Crippen molar-refractivity contribution in [1.29, 1.82) is 5.26 Å². The van der Waals surface area contributed by atoms with E-state index in [1.165, 1.54) is 7.11 Å². The van der Waals surface area contributed by atoms with Crippen LogP contribution in [0.2, 0.25) is 5.02 Å². The molecule has 0 saturated heterocycles. The molecular formula is C36H35ClN6O3S2. The molecule has 0 aliphatic carbocycles. The molecule has 246 valence electrons. The molecule has 48 heavy (non-hydrogen) atoms. The Balaban J connectivity index is 1.38. The quantitative estimate of drug-likeness (QED) is 0.184. The van der Waals surface area contributed by atoms with Crippen molar-refractivity contribution in [2.75, 3.05) is 13.7 Å². The Morgan fingerprint density at radius 1 is 1.00 bits per heavy atom. The minimum absolute atomic E-state index is 0.425. The van der Waals surface area contributed by atoms with Crippen LogP contribution in [0, 0.1) is 11.3 Å². The maximum atomic E-state index is 11.1. The number of rotatable bonds is 2. The fraction of sp³-hybridized carbons (Fsp3) is 0.306. The van der Waals surface area contributed by atoms with Crippen LogP contribution in [0.5, 0.6) is 5.75 Å². The summed E-state index contributed by atoms with van der Waals surface area (Å²) in [7, 11) is 7.16. The average Bonchev–Trinajstić information content (AvgIpc) is 3.70. The van der Waals surface area contributed by atoms with Crippen molar-refractivity contribution < 1.29 is 14.6 Å². The number of fused-ring (bicyclic) bond motifs is 8. The van der Waals surface area contributed by atoms with Gasteiger partial charge in [0.1, 0.15) is 17.5 Å². The Morgan fingerprint density at radius 3 is 2.65 bits per heavy atom. The van der Waals surface area contributed by atoms with Crippen LogP contribution < -0.4 is 4.74 Å². The van der Waals surface area contributed by atoms with E-state index in [1.54, 1.807) is 35.3 Å². The van der Waals surface area contributed by atoms with Gasteiger partial charge in [-0.2, -0.15) is 15.5 Å². The fourth-order valence-electron chi connectivity index (χ4n) is 6.69. The van der Waals surface area contributed by atoms with Crippen molar-refractivity contribution in [3.05, 3.63) is 93.7 Å². The normalized spacial score (nSPS) is 14.8. The third-order valence-corrected chi connectivity index (χ3v) is 11.2. The largest absolute Gasteiger partial charge is 0.493 e. The van der Waals surface area contributed by atoms with Gasteiger partial charge < -0.3 is 19.1 Å². The van der Waals surface area contributed by atoms with Crippen LogP contribution in [0.25, 0.3) is 32.8 Å². The number of nitriles is 1. The van der Waals surface area contributed by atoms with E-state index >= 15 is 0 Å². The van der Waals surface area contributed by atoms with E-state index in [0.29, 0.717) is 52.9 Å². The highest BCUT2D eigenvalue weighted by molar-refractivity contribution is 7.98. The van der Waals surface area contributed by atoms with Crippen LogP contribution in [-0.4, -0.2) is 43.0 Å². The number of thioether (sulfide) groups is 2. The highest BCUT2D eigenvalue weighted by Gasteiger charge is 2.28. The number of hydrogen-bond donors (Lipinski definition) is 1. The van der Waals surface area contributed by atoms with Gasteiger partial charge in [0.25, 0.3) is 0 Å². The van der Waals surface area contributed by atoms with E-state index in [9.17, 15) is 10.4 Å². The molecule has 0 radical (unpaired) electrons. The van der Waals surface area contributed by atoms with Crippen molar-refractivity contribution in [1.82, 2.24) is 24.1 Å². The van der Waals surface area contributed by atoms with E-state index in [4.69, 9.17) is 31.3 Å². The first-order valence-corrected chi connectivity index (χ1v) is 18.2. The monoisotopic (exact) mass is 698 g/mol. The molecule has 6 aromatic rings. The fourth-order valence-corrected chi connectivity index (χ4v) is 8.77. The van der Waals surface area contributed by atoms with Gasteiger partial charge in [-0.05, 0) is 48.1 Å². The Morgan fingerprint density at radius 2 is 1.83 bits per heavy atom. The topological polar surface area (TPSA) is 103 Å². The molecule has 1 unspecified atom stereocenters. The number of benzene rings is 3. The lowest BCUT2D eigenvalue weighted by Crippen LogP contribution is -2.09. The summed E-state index contributed by atoms with van der Waals surface area (Å²) >= 11 is 10.5. The second kappa shape index (κ2) is 13.5. The molecule has 1 N–H and O–H groups in total. The number of aliphatic hydroxyl groups excluding tert-OH is 1. The zero-order valence-corrected chi connectivity index (χ0v) is 29.5. The molecule has 1 aliphatic rings. The standard InChI is InChI=1S/C36H35ClN6O3S2/c1-41-34-27-11-12-28(37)32(34)33-29(40-43(3)30(33)17-38)20-47-18-22-15-23(42(2)39-22)19-48-24-14-21-8-5-6-9-25(21)31(16-24)46-13-7-10-26(27)35(41)36(44)45-4/h5-6,8-9,11-12,14-16,36,44H,7,10,13,18-20H2,1-4H3. The second-order valence-corrected chi connectivity index (χ2v) is 14.3. The van der Waals surface area contributed by atoms with Gasteiger partial charge in [-0.3, -0.25) is 9.36 Å². The summed E-state index contributed by atoms with van der Waals surface area (Å²) in [5.74, 6) is 2.85. The first-order valence-electron chi connectivity index (χ1n) is 15.6. The molecule has 0 spiro atoms. The summed E-state index contributed by atoms with van der Waals surface area (Å²) in [6, 6.07) is 21.0. The Kier molecular flexibility index (Phi) is 9.20. The Hall–Kier alpha value is -3.92. The molecule has 4 heterocycles. The summed E-state index contributed by atoms with van der Waals surface area (Å²) in [6.45, 7) is 0.477. The highest BCUT2D eigenvalue weighted by Crippen LogP contribution is 2.44. The highest BCUT2D eigenvalue weighted by atomic mass is 35.5. The van der Waals surface area contributed by atoms with Crippen molar-refractivity contribution >= 4 is 56.8 Å². The van der Waals surface area contributed by atoms with Crippen LogP contribution in [0.3, 0.4) is 0 Å². The molecule has 3 aromatic heterocycles. The Bertz CT molecular complexity index is 2220. The van der Waals surface area contributed by atoms with Crippen LogP contribution in [-0.2, 0) is 49.6 Å². The Labute approximate surface area is 292 Å². The van der Waals surface area contributed by atoms with Gasteiger partial charge in [-0.25, -0.2) is 0 Å². The van der Waals surface area contributed by atoms with E-state index in [2.05, 4.69) is 42.5 Å². The molecule has 12 heteroatoms. The molecule has 7 rings (SSSR count). The maximum Gasteiger partial charge on any atom is 0.196 e. The van der Waals surface area contributed by atoms with Crippen molar-refractivity contribution in [3.63, 3.8) is 0 Å². The predicted octanol–water partition coefficient (Wildman–Crippen LogP) is 7.68. The van der Waals surface area contributed by atoms with Crippen LogP contribution in [0.4, 0.5) is 0 Å². The number of ether oxygens (including phenoxy) is 2. The minimum Gasteiger partial charge on any atom is -0.493 e. The number of aryl methyl sites for hydroxylation is 4. The van der Waals surface area contributed by atoms with E-state index in [1.807, 2.05) is 41.5 Å². The van der Waals surface area contributed by atoms with Gasteiger partial charge in [0.15, 0.2) is 6.29 Å². The van der Waals surface area contributed by atoms with Crippen molar-refractivity contribution in [3.8, 4) is 22.9 Å². The first-order chi connectivity index (χ1) is 23.3. The third-order valence-electron chi connectivity index (χ3n) is 8.92. The maximum absolute atomic E-state index is 11.1. The van der Waals surface area contributed by atoms with Gasteiger partial charge in [0.2, 0.25) is 0 Å². The number of aromatic nitrogens is 5. The SMILES string of the molecule is COC(O)c1c2c3ccc(Cl)c(c3n1C)-c1c(nn(C)c1C#N)CSCc1cc(n(C)n1)CSc1cc(c3ccccc3c1)OCCC2. The van der Waals surface area contributed by atoms with Crippen LogP contribution in [0.15, 0.2) is 59.5 Å². The molecule has 1 aliphatic heterocycles. The summed E-state index contributed by atoms with van der Waals surface area (Å²) < 4.78 is 17.5. The average molecular weight is 699 g/mol. The molecule has 3 aromatic carbocycles. The molecule has 8 bridgehead atoms. The lowest BCUT2D eigenvalue weighted by Gasteiger charge is -2.15. The zero-order chi connectivity index (χ0) is 33.5.